The molecule has 266 valence electrons. The zero-order valence-corrected chi connectivity index (χ0v) is 31.3. The van der Waals surface area contributed by atoms with Crippen molar-refractivity contribution in [2.75, 3.05) is 27.2 Å². The monoisotopic (exact) mass is 632 g/mol. The Morgan fingerprint density at radius 3 is 1.18 bits per heavy atom. The number of ether oxygens (including phenoxy) is 2. The van der Waals surface area contributed by atoms with Crippen LogP contribution >= 0.6 is 0 Å². The molecule has 0 bridgehead atoms. The van der Waals surface area contributed by atoms with E-state index in [1.165, 1.54) is 180 Å². The van der Waals surface area contributed by atoms with E-state index in [1.54, 1.807) is 0 Å². The van der Waals surface area contributed by atoms with Gasteiger partial charge in [0.2, 0.25) is 0 Å². The van der Waals surface area contributed by atoms with Crippen LogP contribution in [0.3, 0.4) is 0 Å². The molecule has 0 aromatic heterocycles. The first-order valence-electron chi connectivity index (χ1n) is 20.4. The molecule has 0 aliphatic carbocycles. The average molecular weight is 632 g/mol. The lowest BCUT2D eigenvalue weighted by Gasteiger charge is -2.29. The minimum atomic E-state index is -0.317. The normalized spacial score (nSPS) is 18.8. The van der Waals surface area contributed by atoms with E-state index in [2.05, 4.69) is 57.1 Å². The third-order valence-corrected chi connectivity index (χ3v) is 9.62. The first kappa shape index (κ1) is 42.4. The first-order chi connectivity index (χ1) is 22.1. The molecular formula is C42H81NO2. The van der Waals surface area contributed by atoms with Gasteiger partial charge in [0.25, 0.3) is 0 Å². The standard InChI is InChI=1S/C42H81NO2/c1-5-7-9-11-13-15-17-19-21-23-25-27-29-31-33-35-37-42(44-40-41(45-42)39-43(3)4)38-36-34-32-30-28-26-24-22-20-18-16-14-12-10-8-6-2/h19-22,41H,5-18,23-40H2,1-4H3. The van der Waals surface area contributed by atoms with Gasteiger partial charge in [-0.3, -0.25) is 0 Å². The van der Waals surface area contributed by atoms with Crippen molar-refractivity contribution in [2.24, 2.45) is 0 Å². The van der Waals surface area contributed by atoms with E-state index in [1.807, 2.05) is 0 Å². The van der Waals surface area contributed by atoms with Crippen LogP contribution in [0.1, 0.15) is 206 Å². The van der Waals surface area contributed by atoms with Crippen molar-refractivity contribution in [3.63, 3.8) is 0 Å². The van der Waals surface area contributed by atoms with Gasteiger partial charge in [0.05, 0.1) is 12.7 Å². The maximum atomic E-state index is 6.63. The Morgan fingerprint density at radius 1 is 0.489 bits per heavy atom. The van der Waals surface area contributed by atoms with Gasteiger partial charge in [-0.1, -0.05) is 154 Å². The van der Waals surface area contributed by atoms with Crippen molar-refractivity contribution in [1.82, 2.24) is 4.90 Å². The van der Waals surface area contributed by atoms with Crippen molar-refractivity contribution in [1.29, 1.82) is 0 Å². The number of likely N-dealkylation sites (N-methyl/N-ethyl adjacent to an activating group) is 1. The zero-order chi connectivity index (χ0) is 32.5. The average Bonchev–Trinajstić information content (AvgIpc) is 3.42. The first-order valence-corrected chi connectivity index (χ1v) is 20.4. The molecule has 3 heteroatoms. The summed E-state index contributed by atoms with van der Waals surface area (Å²) in [5.74, 6) is -0.317. The summed E-state index contributed by atoms with van der Waals surface area (Å²) in [4.78, 5) is 2.23. The van der Waals surface area contributed by atoms with Gasteiger partial charge in [-0.2, -0.15) is 0 Å². The zero-order valence-electron chi connectivity index (χ0n) is 31.3. The van der Waals surface area contributed by atoms with Crippen LogP contribution in [-0.2, 0) is 9.47 Å². The van der Waals surface area contributed by atoms with Gasteiger partial charge in [-0.25, -0.2) is 0 Å². The van der Waals surface area contributed by atoms with E-state index < -0.39 is 0 Å². The lowest BCUT2D eigenvalue weighted by molar-refractivity contribution is -0.180. The van der Waals surface area contributed by atoms with Crippen LogP contribution in [0.2, 0.25) is 0 Å². The summed E-state index contributed by atoms with van der Waals surface area (Å²) in [6.07, 6.45) is 50.0. The Morgan fingerprint density at radius 2 is 0.822 bits per heavy atom. The summed E-state index contributed by atoms with van der Waals surface area (Å²) >= 11 is 0. The summed E-state index contributed by atoms with van der Waals surface area (Å²) in [5, 5.41) is 0. The van der Waals surface area contributed by atoms with Crippen molar-refractivity contribution in [3.8, 4) is 0 Å². The van der Waals surface area contributed by atoms with E-state index >= 15 is 0 Å². The highest BCUT2D eigenvalue weighted by Gasteiger charge is 2.40. The van der Waals surface area contributed by atoms with E-state index in [9.17, 15) is 0 Å². The second kappa shape index (κ2) is 31.9. The van der Waals surface area contributed by atoms with Gasteiger partial charge in [-0.15, -0.1) is 0 Å². The molecule has 0 saturated carbocycles. The Labute approximate surface area is 283 Å². The largest absolute Gasteiger partial charge is 0.347 e. The Bertz CT molecular complexity index is 615. The van der Waals surface area contributed by atoms with Gasteiger partial charge in [0, 0.05) is 19.4 Å². The molecule has 45 heavy (non-hydrogen) atoms. The summed E-state index contributed by atoms with van der Waals surface area (Å²) in [7, 11) is 4.28. The smallest absolute Gasteiger partial charge is 0.168 e. The van der Waals surface area contributed by atoms with Gasteiger partial charge in [-0.05, 0) is 78.3 Å². The molecule has 1 atom stereocenters. The molecule has 0 spiro atoms. The van der Waals surface area contributed by atoms with Crippen molar-refractivity contribution >= 4 is 0 Å². The maximum absolute atomic E-state index is 6.63. The minimum Gasteiger partial charge on any atom is -0.347 e. The van der Waals surface area contributed by atoms with Crippen LogP contribution in [0.5, 0.6) is 0 Å². The summed E-state index contributed by atoms with van der Waals surface area (Å²) < 4.78 is 13.1. The molecule has 0 aromatic carbocycles. The second-order valence-corrected chi connectivity index (χ2v) is 14.6. The molecule has 0 N–H and O–H groups in total. The predicted molar refractivity (Wildman–Crippen MR) is 200 cm³/mol. The third kappa shape index (κ3) is 27.1. The highest BCUT2D eigenvalue weighted by molar-refractivity contribution is 4.83. The Hall–Kier alpha value is -0.640. The highest BCUT2D eigenvalue weighted by Crippen LogP contribution is 2.35. The van der Waals surface area contributed by atoms with Crippen LogP contribution < -0.4 is 0 Å². The lowest BCUT2D eigenvalue weighted by Crippen LogP contribution is -2.33. The van der Waals surface area contributed by atoms with Crippen LogP contribution in [0.25, 0.3) is 0 Å². The molecule has 1 saturated heterocycles. The quantitative estimate of drug-likeness (QED) is 0.0521. The number of hydrogen-bond acceptors (Lipinski definition) is 3. The lowest BCUT2D eigenvalue weighted by atomic mass is 9.98. The van der Waals surface area contributed by atoms with E-state index in [-0.39, 0.29) is 11.9 Å². The van der Waals surface area contributed by atoms with Gasteiger partial charge >= 0.3 is 0 Å². The minimum absolute atomic E-state index is 0.225. The van der Waals surface area contributed by atoms with Crippen LogP contribution in [0.4, 0.5) is 0 Å². The molecule has 1 fully saturated rings. The summed E-state index contributed by atoms with van der Waals surface area (Å²) in [6, 6.07) is 0. The van der Waals surface area contributed by atoms with Crippen LogP contribution in [0.15, 0.2) is 24.3 Å². The van der Waals surface area contributed by atoms with Crippen LogP contribution in [0, 0.1) is 0 Å². The fourth-order valence-electron chi connectivity index (χ4n) is 6.78. The number of hydrogen-bond donors (Lipinski definition) is 0. The summed E-state index contributed by atoms with van der Waals surface area (Å²) in [5.41, 5.74) is 0. The molecule has 0 amide bonds. The van der Waals surface area contributed by atoms with Crippen molar-refractivity contribution in [3.05, 3.63) is 24.3 Å². The molecule has 1 heterocycles. The molecule has 3 nitrogen and oxygen atoms in total. The highest BCUT2D eigenvalue weighted by atomic mass is 16.7. The number of unbranched alkanes of at least 4 members (excludes halogenated alkanes) is 24. The van der Waals surface area contributed by atoms with Gasteiger partial charge < -0.3 is 14.4 Å². The Kier molecular flexibility index (Phi) is 30.1. The molecule has 1 aliphatic rings. The van der Waals surface area contributed by atoms with Gasteiger partial charge in [0.1, 0.15) is 0 Å². The van der Waals surface area contributed by atoms with Crippen molar-refractivity contribution < 1.29 is 9.47 Å². The molecular weight excluding hydrogens is 550 g/mol. The van der Waals surface area contributed by atoms with E-state index in [0.29, 0.717) is 0 Å². The molecule has 1 rings (SSSR count). The maximum Gasteiger partial charge on any atom is 0.168 e. The molecule has 0 radical (unpaired) electrons. The van der Waals surface area contributed by atoms with Crippen LogP contribution in [-0.4, -0.2) is 44.0 Å². The fourth-order valence-corrected chi connectivity index (χ4v) is 6.78. The van der Waals surface area contributed by atoms with E-state index in [0.717, 1.165) is 26.0 Å². The van der Waals surface area contributed by atoms with Gasteiger partial charge in [0.15, 0.2) is 5.79 Å². The fraction of sp³-hybridized carbons (Fsp3) is 0.905. The number of nitrogens with zero attached hydrogens (tertiary/aromatic N) is 1. The summed E-state index contributed by atoms with van der Waals surface area (Å²) in [6.45, 7) is 6.31. The molecule has 0 aromatic rings. The van der Waals surface area contributed by atoms with Crippen molar-refractivity contribution in [2.45, 2.75) is 218 Å². The Balaban J connectivity index is 2.09. The molecule has 1 aliphatic heterocycles. The number of allylic oxidation sites excluding steroid dienone is 4. The second-order valence-electron chi connectivity index (χ2n) is 14.6. The SMILES string of the molecule is CCCCCCCCC=CCCCCCCCCC1(CCCCCCCCC=CCCCCCCCC)OCC(CN(C)C)O1. The van der Waals surface area contributed by atoms with E-state index in [4.69, 9.17) is 9.47 Å². The third-order valence-electron chi connectivity index (χ3n) is 9.62. The molecule has 1 unspecified atom stereocenters. The topological polar surface area (TPSA) is 21.7 Å². The number of rotatable bonds is 34. The predicted octanol–water partition coefficient (Wildman–Crippen LogP) is 13.5.